The van der Waals surface area contributed by atoms with E-state index in [4.69, 9.17) is 4.74 Å². The first-order valence-electron chi connectivity index (χ1n) is 6.57. The number of rotatable bonds is 9. The van der Waals surface area contributed by atoms with Crippen LogP contribution in [0, 0.1) is 0 Å². The summed E-state index contributed by atoms with van der Waals surface area (Å²) in [7, 11) is 1.87. The standard InChI is InChI=1S/C16H22N2O2/c1-4-10-18(11-5-2)16(19)13-20-15-9-7-6-8-14(15)12-17-3/h4-9,17H,1-2,10-13H2,3H3. The zero-order valence-corrected chi connectivity index (χ0v) is 12.0. The van der Waals surface area contributed by atoms with Crippen LogP contribution in [-0.2, 0) is 11.3 Å². The van der Waals surface area contributed by atoms with Crippen molar-refractivity contribution in [2.75, 3.05) is 26.7 Å². The number of hydrogen-bond donors (Lipinski definition) is 1. The highest BCUT2D eigenvalue weighted by molar-refractivity contribution is 5.78. The minimum atomic E-state index is -0.0796. The zero-order valence-electron chi connectivity index (χ0n) is 12.0. The van der Waals surface area contributed by atoms with Crippen molar-refractivity contribution in [3.05, 3.63) is 55.1 Å². The van der Waals surface area contributed by atoms with Crippen LogP contribution in [0.25, 0.3) is 0 Å². The molecule has 0 radical (unpaired) electrons. The monoisotopic (exact) mass is 274 g/mol. The molecule has 0 spiro atoms. The van der Waals surface area contributed by atoms with Gasteiger partial charge < -0.3 is 15.0 Å². The maximum Gasteiger partial charge on any atom is 0.261 e. The molecule has 0 atom stereocenters. The van der Waals surface area contributed by atoms with Crippen LogP contribution < -0.4 is 10.1 Å². The molecule has 1 aromatic carbocycles. The van der Waals surface area contributed by atoms with Crippen molar-refractivity contribution < 1.29 is 9.53 Å². The Balaban J connectivity index is 2.63. The number of benzene rings is 1. The fraction of sp³-hybridized carbons (Fsp3) is 0.312. The summed E-state index contributed by atoms with van der Waals surface area (Å²) in [6.45, 7) is 8.99. The lowest BCUT2D eigenvalue weighted by molar-refractivity contribution is -0.132. The average Bonchev–Trinajstić information content (AvgIpc) is 2.46. The van der Waals surface area contributed by atoms with Gasteiger partial charge in [0.1, 0.15) is 5.75 Å². The van der Waals surface area contributed by atoms with Crippen molar-refractivity contribution in [3.63, 3.8) is 0 Å². The van der Waals surface area contributed by atoms with Gasteiger partial charge in [-0.05, 0) is 13.1 Å². The highest BCUT2D eigenvalue weighted by Gasteiger charge is 2.12. The maximum atomic E-state index is 12.1. The van der Waals surface area contributed by atoms with Gasteiger partial charge in [0, 0.05) is 25.2 Å². The second-order valence-electron chi connectivity index (χ2n) is 4.30. The summed E-state index contributed by atoms with van der Waals surface area (Å²) in [6, 6.07) is 7.68. The Morgan fingerprint density at radius 3 is 2.55 bits per heavy atom. The van der Waals surface area contributed by atoms with Crippen LogP contribution in [0.2, 0.25) is 0 Å². The molecule has 1 aromatic rings. The van der Waals surface area contributed by atoms with Gasteiger partial charge in [-0.1, -0.05) is 30.4 Å². The van der Waals surface area contributed by atoms with Gasteiger partial charge in [-0.3, -0.25) is 4.79 Å². The summed E-state index contributed by atoms with van der Waals surface area (Å²) in [5.74, 6) is 0.649. The third-order valence-corrected chi connectivity index (χ3v) is 2.74. The Labute approximate surface area is 120 Å². The van der Waals surface area contributed by atoms with Crippen LogP contribution >= 0.6 is 0 Å². The molecule has 0 aliphatic carbocycles. The van der Waals surface area contributed by atoms with Crippen LogP contribution in [0.4, 0.5) is 0 Å². The minimum Gasteiger partial charge on any atom is -0.483 e. The number of ether oxygens (including phenoxy) is 1. The van der Waals surface area contributed by atoms with Gasteiger partial charge in [-0.15, -0.1) is 13.2 Å². The highest BCUT2D eigenvalue weighted by atomic mass is 16.5. The summed E-state index contributed by atoms with van der Waals surface area (Å²) < 4.78 is 5.63. The molecule has 0 aromatic heterocycles. The van der Waals surface area contributed by atoms with Gasteiger partial charge >= 0.3 is 0 Å². The summed E-state index contributed by atoms with van der Waals surface area (Å²) in [4.78, 5) is 13.7. The molecule has 4 nitrogen and oxygen atoms in total. The van der Waals surface area contributed by atoms with E-state index in [2.05, 4.69) is 18.5 Å². The van der Waals surface area contributed by atoms with Gasteiger partial charge in [0.05, 0.1) is 0 Å². The zero-order chi connectivity index (χ0) is 14.8. The molecule has 0 bridgehead atoms. The van der Waals surface area contributed by atoms with E-state index in [1.165, 1.54) is 0 Å². The van der Waals surface area contributed by atoms with Crippen molar-refractivity contribution in [3.8, 4) is 5.75 Å². The highest BCUT2D eigenvalue weighted by Crippen LogP contribution is 2.17. The lowest BCUT2D eigenvalue weighted by Crippen LogP contribution is -2.35. The molecule has 0 saturated heterocycles. The number of para-hydroxylation sites is 1. The first-order valence-corrected chi connectivity index (χ1v) is 6.57. The Morgan fingerprint density at radius 1 is 1.30 bits per heavy atom. The van der Waals surface area contributed by atoms with Crippen molar-refractivity contribution in [2.24, 2.45) is 0 Å². The summed E-state index contributed by atoms with van der Waals surface area (Å²) in [5.41, 5.74) is 1.03. The third-order valence-electron chi connectivity index (χ3n) is 2.74. The second kappa shape index (κ2) is 8.93. The van der Waals surface area contributed by atoms with Crippen molar-refractivity contribution >= 4 is 5.91 Å². The molecule has 0 aliphatic heterocycles. The first-order chi connectivity index (χ1) is 9.72. The molecular formula is C16H22N2O2. The normalized spacial score (nSPS) is 9.85. The molecule has 0 heterocycles. The Morgan fingerprint density at radius 2 is 1.95 bits per heavy atom. The quantitative estimate of drug-likeness (QED) is 0.700. The molecule has 1 amide bonds. The van der Waals surface area contributed by atoms with Gasteiger partial charge in [-0.25, -0.2) is 0 Å². The van der Waals surface area contributed by atoms with E-state index in [1.807, 2.05) is 31.3 Å². The van der Waals surface area contributed by atoms with Crippen LogP contribution in [0.15, 0.2) is 49.6 Å². The van der Waals surface area contributed by atoms with Gasteiger partial charge in [0.25, 0.3) is 5.91 Å². The van der Waals surface area contributed by atoms with E-state index in [0.717, 1.165) is 11.3 Å². The van der Waals surface area contributed by atoms with Crippen LogP contribution in [-0.4, -0.2) is 37.6 Å². The van der Waals surface area contributed by atoms with E-state index in [0.29, 0.717) is 19.6 Å². The topological polar surface area (TPSA) is 41.6 Å². The van der Waals surface area contributed by atoms with Crippen LogP contribution in [0.1, 0.15) is 5.56 Å². The molecule has 20 heavy (non-hydrogen) atoms. The Hall–Kier alpha value is -2.07. The van der Waals surface area contributed by atoms with Crippen molar-refractivity contribution in [1.29, 1.82) is 0 Å². The second-order valence-corrected chi connectivity index (χ2v) is 4.30. The fourth-order valence-electron chi connectivity index (χ4n) is 1.80. The summed E-state index contributed by atoms with van der Waals surface area (Å²) in [5, 5.41) is 3.07. The molecular weight excluding hydrogens is 252 g/mol. The molecule has 0 saturated carbocycles. The van der Waals surface area contributed by atoms with Gasteiger partial charge in [-0.2, -0.15) is 0 Å². The number of carbonyl (C=O) groups excluding carboxylic acids is 1. The number of carbonyl (C=O) groups is 1. The van der Waals surface area contributed by atoms with E-state index in [9.17, 15) is 4.79 Å². The van der Waals surface area contributed by atoms with Crippen LogP contribution in [0.3, 0.4) is 0 Å². The van der Waals surface area contributed by atoms with Gasteiger partial charge in [0.2, 0.25) is 0 Å². The molecule has 0 unspecified atom stereocenters. The smallest absolute Gasteiger partial charge is 0.261 e. The molecule has 0 aliphatic rings. The lowest BCUT2D eigenvalue weighted by atomic mass is 10.2. The van der Waals surface area contributed by atoms with Crippen molar-refractivity contribution in [2.45, 2.75) is 6.54 Å². The maximum absolute atomic E-state index is 12.1. The Kier molecular flexibility index (Phi) is 7.14. The fourth-order valence-corrected chi connectivity index (χ4v) is 1.80. The predicted octanol–water partition coefficient (Wildman–Crippen LogP) is 1.99. The molecule has 4 heteroatoms. The summed E-state index contributed by atoms with van der Waals surface area (Å²) in [6.07, 6.45) is 3.38. The number of nitrogens with one attached hydrogen (secondary N) is 1. The molecule has 108 valence electrons. The van der Waals surface area contributed by atoms with E-state index in [-0.39, 0.29) is 12.5 Å². The van der Waals surface area contributed by atoms with E-state index >= 15 is 0 Å². The first kappa shape index (κ1) is 16.0. The van der Waals surface area contributed by atoms with E-state index in [1.54, 1.807) is 17.1 Å². The predicted molar refractivity (Wildman–Crippen MR) is 81.7 cm³/mol. The van der Waals surface area contributed by atoms with Gasteiger partial charge in [0.15, 0.2) is 6.61 Å². The number of nitrogens with zero attached hydrogens (tertiary/aromatic N) is 1. The average molecular weight is 274 g/mol. The lowest BCUT2D eigenvalue weighted by Gasteiger charge is -2.20. The molecule has 1 N–H and O–H groups in total. The van der Waals surface area contributed by atoms with Crippen molar-refractivity contribution in [1.82, 2.24) is 10.2 Å². The Bertz CT molecular complexity index is 448. The SMILES string of the molecule is C=CCN(CC=C)C(=O)COc1ccccc1CNC. The van der Waals surface area contributed by atoms with E-state index < -0.39 is 0 Å². The third kappa shape index (κ3) is 4.90. The van der Waals surface area contributed by atoms with Crippen LogP contribution in [0.5, 0.6) is 5.75 Å². The number of hydrogen-bond acceptors (Lipinski definition) is 3. The minimum absolute atomic E-state index is 0.0163. The largest absolute Gasteiger partial charge is 0.483 e. The summed E-state index contributed by atoms with van der Waals surface area (Å²) >= 11 is 0. The molecule has 1 rings (SSSR count). The number of amides is 1. The molecule has 0 fully saturated rings.